The Morgan fingerprint density at radius 1 is 0.966 bits per heavy atom. The Bertz CT molecular complexity index is 2420. The Morgan fingerprint density at radius 3 is 2.36 bits per heavy atom. The van der Waals surface area contributed by atoms with E-state index in [0.29, 0.717) is 68.4 Å². The molecule has 0 radical (unpaired) electrons. The zero-order valence-electron chi connectivity index (χ0n) is 33.0. The fourth-order valence-corrected chi connectivity index (χ4v) is 6.57. The number of hydrogen-bond donors (Lipinski definition) is 3. The summed E-state index contributed by atoms with van der Waals surface area (Å²) in [4.78, 5) is 56.8. The van der Waals surface area contributed by atoms with Crippen molar-refractivity contribution in [1.29, 1.82) is 0 Å². The number of aryl methyl sites for hydroxylation is 1. The number of hydrogen-bond acceptors (Lipinski definition) is 12. The summed E-state index contributed by atoms with van der Waals surface area (Å²) in [5.74, 6) is -0.736. The number of aliphatic hydroxyl groups excluding tert-OH is 1. The van der Waals surface area contributed by atoms with Crippen molar-refractivity contribution in [3.63, 3.8) is 0 Å². The molecule has 0 fully saturated rings. The van der Waals surface area contributed by atoms with E-state index in [0.717, 1.165) is 15.9 Å². The van der Waals surface area contributed by atoms with Crippen LogP contribution in [0.25, 0.3) is 27.7 Å². The molecule has 5 heterocycles. The average molecular weight is 802 g/mol. The molecule has 1 aliphatic heterocycles. The summed E-state index contributed by atoms with van der Waals surface area (Å²) < 4.78 is 35.8. The van der Waals surface area contributed by atoms with Crippen LogP contribution in [0.4, 0.5) is 15.9 Å². The van der Waals surface area contributed by atoms with E-state index in [9.17, 15) is 24.3 Å². The highest BCUT2D eigenvalue weighted by molar-refractivity contribution is 5.83. The smallest absolute Gasteiger partial charge is 0.283 e. The number of nitrogens with zero attached hydrogens (tertiary/aromatic N) is 7. The van der Waals surface area contributed by atoms with Crippen LogP contribution in [0.1, 0.15) is 50.4 Å². The van der Waals surface area contributed by atoms with Crippen molar-refractivity contribution in [1.82, 2.24) is 34.0 Å². The summed E-state index contributed by atoms with van der Waals surface area (Å²) in [5.41, 5.74) is 6.57. The first-order valence-corrected chi connectivity index (χ1v) is 18.9. The standard InChI is InChI=1S/C40H48FN9O8/c1-40(2,3)27-17-25-21-44-50(39(55)36(25)31(41)19-27)37-30(24-51)29(5-8-43-37)26-18-32(38(54)47(4)22-26)45-34-20-28-23-48(9-10-49(28)46-34)35(53)7-12-57-14-16-58-15-13-56-11-6-33(42)52/h5,8,17-22,51H,6-7,9-16,23-24H2,1-4H3,(H2,42,52)(H,45,46). The first-order chi connectivity index (χ1) is 27.7. The molecule has 0 bridgehead atoms. The van der Waals surface area contributed by atoms with E-state index in [4.69, 9.17) is 19.9 Å². The third-order valence-electron chi connectivity index (χ3n) is 9.70. The van der Waals surface area contributed by atoms with Crippen molar-refractivity contribution in [2.45, 2.75) is 58.7 Å². The number of primary amides is 1. The van der Waals surface area contributed by atoms with Crippen LogP contribution in [0, 0.1) is 5.82 Å². The maximum Gasteiger partial charge on any atom is 0.283 e. The van der Waals surface area contributed by atoms with Gasteiger partial charge in [0.2, 0.25) is 11.8 Å². The number of aliphatic hydroxyl groups is 1. The molecule has 58 heavy (non-hydrogen) atoms. The Balaban J connectivity index is 1.12. The minimum atomic E-state index is -0.727. The van der Waals surface area contributed by atoms with Gasteiger partial charge in [-0.05, 0) is 40.8 Å². The summed E-state index contributed by atoms with van der Waals surface area (Å²) in [5, 5.41) is 22.9. The van der Waals surface area contributed by atoms with E-state index in [2.05, 4.69) is 20.5 Å². The number of halogens is 1. The van der Waals surface area contributed by atoms with Gasteiger partial charge in [0.15, 0.2) is 11.6 Å². The molecule has 0 atom stereocenters. The van der Waals surface area contributed by atoms with E-state index >= 15 is 4.39 Å². The van der Waals surface area contributed by atoms with Crippen LogP contribution in [0.2, 0.25) is 0 Å². The largest absolute Gasteiger partial charge is 0.392 e. The van der Waals surface area contributed by atoms with E-state index in [1.165, 1.54) is 23.0 Å². The molecule has 18 heteroatoms. The predicted molar refractivity (Wildman–Crippen MR) is 212 cm³/mol. The molecule has 308 valence electrons. The van der Waals surface area contributed by atoms with E-state index < -0.39 is 23.9 Å². The molecule has 5 aromatic rings. The molecule has 0 spiro atoms. The van der Waals surface area contributed by atoms with Crippen LogP contribution in [0.3, 0.4) is 0 Å². The summed E-state index contributed by atoms with van der Waals surface area (Å²) in [7, 11) is 1.59. The highest BCUT2D eigenvalue weighted by Gasteiger charge is 2.24. The molecule has 0 aliphatic carbocycles. The molecule has 4 N–H and O–H groups in total. The lowest BCUT2D eigenvalue weighted by Crippen LogP contribution is -2.38. The summed E-state index contributed by atoms with van der Waals surface area (Å²) >= 11 is 0. The second-order valence-electron chi connectivity index (χ2n) is 14.9. The molecular weight excluding hydrogens is 753 g/mol. The number of ether oxygens (including phenoxy) is 3. The first kappa shape index (κ1) is 41.8. The second kappa shape index (κ2) is 18.2. The Hall–Kier alpha value is -5.82. The lowest BCUT2D eigenvalue weighted by atomic mass is 9.86. The highest BCUT2D eigenvalue weighted by Crippen LogP contribution is 2.30. The van der Waals surface area contributed by atoms with Crippen LogP contribution in [0.15, 0.2) is 58.5 Å². The molecule has 17 nitrogen and oxygen atoms in total. The van der Waals surface area contributed by atoms with E-state index in [1.54, 1.807) is 47.1 Å². The average Bonchev–Trinajstić information content (AvgIpc) is 3.59. The fourth-order valence-electron chi connectivity index (χ4n) is 6.57. The first-order valence-electron chi connectivity index (χ1n) is 18.9. The van der Waals surface area contributed by atoms with Crippen molar-refractivity contribution in [3.05, 3.63) is 92.3 Å². The van der Waals surface area contributed by atoms with E-state index in [1.807, 2.05) is 20.8 Å². The zero-order valence-corrected chi connectivity index (χ0v) is 33.0. The molecule has 0 unspecified atom stereocenters. The molecule has 6 rings (SSSR count). The van der Waals surface area contributed by atoms with Gasteiger partial charge in [-0.15, -0.1) is 0 Å². The molecule has 1 aromatic carbocycles. The SMILES string of the molecule is Cn1cc(-c2ccnc(-n3ncc4cc(C(C)(C)C)cc(F)c4c3=O)c2CO)cc(Nc2cc3n(n2)CCN(C(=O)CCOCCOCCOCCC(N)=O)C3)c1=O. The summed E-state index contributed by atoms with van der Waals surface area (Å²) in [6.45, 7) is 8.40. The van der Waals surface area contributed by atoms with Crippen molar-refractivity contribution in [3.8, 4) is 16.9 Å². The zero-order chi connectivity index (χ0) is 41.6. The Morgan fingerprint density at radius 2 is 1.67 bits per heavy atom. The van der Waals surface area contributed by atoms with Crippen LogP contribution in [-0.4, -0.2) is 97.1 Å². The number of carbonyl (C=O) groups is 2. The number of aromatic nitrogens is 6. The maximum atomic E-state index is 15.4. The number of pyridine rings is 2. The molecule has 1 aliphatic rings. The van der Waals surface area contributed by atoms with Crippen LogP contribution < -0.4 is 22.2 Å². The molecule has 4 aromatic heterocycles. The third kappa shape index (κ3) is 9.64. The second-order valence-corrected chi connectivity index (χ2v) is 14.9. The van der Waals surface area contributed by atoms with Crippen LogP contribution in [-0.2, 0) is 56.0 Å². The summed E-state index contributed by atoms with van der Waals surface area (Å²) in [6.07, 6.45) is 4.82. The van der Waals surface area contributed by atoms with Crippen molar-refractivity contribution in [2.75, 3.05) is 51.5 Å². The third-order valence-corrected chi connectivity index (χ3v) is 9.70. The predicted octanol–water partition coefficient (Wildman–Crippen LogP) is 2.67. The van der Waals surface area contributed by atoms with Crippen molar-refractivity contribution in [2.24, 2.45) is 12.8 Å². The van der Waals surface area contributed by atoms with Gasteiger partial charge in [-0.2, -0.15) is 14.9 Å². The number of benzene rings is 1. The quantitative estimate of drug-likeness (QED) is 0.116. The van der Waals surface area contributed by atoms with Crippen LogP contribution >= 0.6 is 0 Å². The molecular formula is C40H48FN9O8. The number of amides is 2. The number of anilines is 2. The van der Waals surface area contributed by atoms with Gasteiger partial charge < -0.3 is 39.8 Å². The van der Waals surface area contributed by atoms with Gasteiger partial charge in [-0.1, -0.05) is 20.8 Å². The number of rotatable bonds is 17. The number of carbonyl (C=O) groups excluding carboxylic acids is 2. The van der Waals surface area contributed by atoms with Gasteiger partial charge in [0.25, 0.3) is 11.1 Å². The van der Waals surface area contributed by atoms with Crippen LogP contribution in [0.5, 0.6) is 0 Å². The number of fused-ring (bicyclic) bond motifs is 2. The topological polar surface area (TPSA) is 211 Å². The normalized spacial score (nSPS) is 12.9. The summed E-state index contributed by atoms with van der Waals surface area (Å²) in [6, 6.07) is 8.14. The van der Waals surface area contributed by atoms with E-state index in [-0.39, 0.29) is 65.4 Å². The number of nitrogens with two attached hydrogens (primary N) is 1. The lowest BCUT2D eigenvalue weighted by Gasteiger charge is -2.27. The Kier molecular flexibility index (Phi) is 13.1. The highest BCUT2D eigenvalue weighted by atomic mass is 19.1. The fraction of sp³-hybridized carbons (Fsp3) is 0.425. The molecule has 2 amide bonds. The van der Waals surface area contributed by atoms with Gasteiger partial charge >= 0.3 is 0 Å². The number of nitrogens with one attached hydrogen (secondary N) is 1. The maximum absolute atomic E-state index is 15.4. The van der Waals surface area contributed by atoms with Crippen molar-refractivity contribution >= 4 is 34.1 Å². The molecule has 0 saturated carbocycles. The Labute approximate surface area is 333 Å². The van der Waals surface area contributed by atoms with Gasteiger partial charge in [0.1, 0.15) is 11.5 Å². The van der Waals surface area contributed by atoms with Gasteiger partial charge in [0.05, 0.1) is 83.0 Å². The monoisotopic (exact) mass is 801 g/mol. The minimum Gasteiger partial charge on any atom is -0.392 e. The van der Waals surface area contributed by atoms with Gasteiger partial charge in [-0.25, -0.2) is 9.37 Å². The van der Waals surface area contributed by atoms with Gasteiger partial charge in [0, 0.05) is 55.0 Å². The van der Waals surface area contributed by atoms with Gasteiger partial charge in [-0.3, -0.25) is 23.9 Å². The minimum absolute atomic E-state index is 0.0213. The van der Waals surface area contributed by atoms with Crippen molar-refractivity contribution < 1.29 is 33.3 Å². The molecule has 0 saturated heterocycles. The lowest BCUT2D eigenvalue weighted by molar-refractivity contribution is -0.134.